The molecule has 0 spiro atoms. The Labute approximate surface area is 106 Å². The summed E-state index contributed by atoms with van der Waals surface area (Å²) < 4.78 is 0. The summed E-state index contributed by atoms with van der Waals surface area (Å²) in [7, 11) is 0. The maximum atomic E-state index is 11.8. The number of Topliss-reactive ketones (excluding diaryl/α,β-unsaturated/α-hetero) is 1. The Bertz CT molecular complexity index is 407. The fourth-order valence-corrected chi connectivity index (χ4v) is 4.13. The SMILES string of the molecule is O=C1CCNCC1CC1Cc2ccccc2S1. The normalized spacial score (nSPS) is 28.1. The average molecular weight is 247 g/mol. The maximum absolute atomic E-state index is 11.8. The third-order valence-corrected chi connectivity index (χ3v) is 5.00. The predicted octanol–water partition coefficient (Wildman–Crippen LogP) is 2.27. The smallest absolute Gasteiger partial charge is 0.138 e. The number of thioether (sulfide) groups is 1. The van der Waals surface area contributed by atoms with E-state index < -0.39 is 0 Å². The van der Waals surface area contributed by atoms with E-state index in [2.05, 4.69) is 29.6 Å². The highest BCUT2D eigenvalue weighted by Crippen LogP contribution is 2.39. The Morgan fingerprint density at radius 3 is 3.06 bits per heavy atom. The lowest BCUT2D eigenvalue weighted by Crippen LogP contribution is -2.38. The van der Waals surface area contributed by atoms with Gasteiger partial charge in [0.25, 0.3) is 0 Å². The monoisotopic (exact) mass is 247 g/mol. The first-order valence-electron chi connectivity index (χ1n) is 6.31. The number of fused-ring (bicyclic) bond motifs is 1. The van der Waals surface area contributed by atoms with Gasteiger partial charge in [0, 0.05) is 35.6 Å². The zero-order chi connectivity index (χ0) is 11.7. The van der Waals surface area contributed by atoms with Gasteiger partial charge < -0.3 is 5.32 Å². The van der Waals surface area contributed by atoms with Crippen molar-refractivity contribution in [2.24, 2.45) is 5.92 Å². The largest absolute Gasteiger partial charge is 0.316 e. The molecule has 2 aliphatic heterocycles. The van der Waals surface area contributed by atoms with Gasteiger partial charge in [-0.2, -0.15) is 0 Å². The second-order valence-electron chi connectivity index (χ2n) is 4.90. The van der Waals surface area contributed by atoms with E-state index in [9.17, 15) is 4.79 Å². The average Bonchev–Trinajstić information content (AvgIpc) is 2.74. The fourth-order valence-electron chi connectivity index (χ4n) is 2.72. The van der Waals surface area contributed by atoms with E-state index in [4.69, 9.17) is 0 Å². The standard InChI is InChI=1S/C14H17NOS/c16-13-5-6-15-9-11(13)8-12-7-10-3-1-2-4-14(10)17-12/h1-4,11-12,15H,5-9H2. The summed E-state index contributed by atoms with van der Waals surface area (Å²) >= 11 is 1.95. The van der Waals surface area contributed by atoms with Crippen LogP contribution in [0.25, 0.3) is 0 Å². The molecule has 90 valence electrons. The summed E-state index contributed by atoms with van der Waals surface area (Å²) in [5.74, 6) is 0.705. The molecule has 1 aromatic rings. The number of benzene rings is 1. The molecule has 17 heavy (non-hydrogen) atoms. The Morgan fingerprint density at radius 1 is 1.35 bits per heavy atom. The summed E-state index contributed by atoms with van der Waals surface area (Å²) in [5.41, 5.74) is 1.46. The van der Waals surface area contributed by atoms with Crippen LogP contribution in [0, 0.1) is 5.92 Å². The number of carbonyl (C=O) groups excluding carboxylic acids is 1. The molecule has 2 heterocycles. The molecular weight excluding hydrogens is 230 g/mol. The van der Waals surface area contributed by atoms with E-state index in [-0.39, 0.29) is 5.92 Å². The number of nitrogens with one attached hydrogen (secondary N) is 1. The van der Waals surface area contributed by atoms with E-state index in [1.165, 1.54) is 10.5 Å². The van der Waals surface area contributed by atoms with Crippen LogP contribution in [0.5, 0.6) is 0 Å². The number of hydrogen-bond donors (Lipinski definition) is 1. The van der Waals surface area contributed by atoms with Crippen molar-refractivity contribution >= 4 is 17.5 Å². The molecule has 0 aromatic heterocycles. The molecule has 3 rings (SSSR count). The second-order valence-corrected chi connectivity index (χ2v) is 6.25. The highest BCUT2D eigenvalue weighted by Gasteiger charge is 2.29. The van der Waals surface area contributed by atoms with Gasteiger partial charge >= 0.3 is 0 Å². The van der Waals surface area contributed by atoms with Crippen LogP contribution in [0.15, 0.2) is 29.2 Å². The molecule has 0 aliphatic carbocycles. The van der Waals surface area contributed by atoms with Crippen molar-refractivity contribution in [2.75, 3.05) is 13.1 Å². The van der Waals surface area contributed by atoms with Gasteiger partial charge in [-0.3, -0.25) is 4.79 Å². The first-order valence-corrected chi connectivity index (χ1v) is 7.19. The summed E-state index contributed by atoms with van der Waals surface area (Å²) in [5, 5.41) is 3.93. The number of piperidine rings is 1. The molecule has 1 saturated heterocycles. The van der Waals surface area contributed by atoms with Crippen LogP contribution in [0.2, 0.25) is 0 Å². The van der Waals surface area contributed by atoms with Crippen molar-refractivity contribution in [2.45, 2.75) is 29.4 Å². The van der Waals surface area contributed by atoms with Crippen molar-refractivity contribution in [3.05, 3.63) is 29.8 Å². The van der Waals surface area contributed by atoms with Crippen LogP contribution in [0.3, 0.4) is 0 Å². The van der Waals surface area contributed by atoms with Crippen LogP contribution < -0.4 is 5.32 Å². The molecule has 1 aromatic carbocycles. The third-order valence-electron chi connectivity index (χ3n) is 3.66. The highest BCUT2D eigenvalue weighted by atomic mass is 32.2. The molecule has 2 atom stereocenters. The summed E-state index contributed by atoms with van der Waals surface area (Å²) in [4.78, 5) is 13.2. The Kier molecular flexibility index (Phi) is 3.21. The quantitative estimate of drug-likeness (QED) is 0.869. The maximum Gasteiger partial charge on any atom is 0.138 e. The topological polar surface area (TPSA) is 29.1 Å². The van der Waals surface area contributed by atoms with Crippen LogP contribution in [-0.2, 0) is 11.2 Å². The van der Waals surface area contributed by atoms with Crippen molar-refractivity contribution in [1.82, 2.24) is 5.32 Å². The Morgan fingerprint density at radius 2 is 2.24 bits per heavy atom. The lowest BCUT2D eigenvalue weighted by molar-refractivity contribution is -0.124. The van der Waals surface area contributed by atoms with Gasteiger partial charge in [-0.1, -0.05) is 18.2 Å². The molecule has 0 radical (unpaired) electrons. The molecule has 2 nitrogen and oxygen atoms in total. The van der Waals surface area contributed by atoms with Crippen LogP contribution >= 0.6 is 11.8 Å². The van der Waals surface area contributed by atoms with Gasteiger partial charge in [0.05, 0.1) is 0 Å². The first kappa shape index (κ1) is 11.3. The van der Waals surface area contributed by atoms with Crippen molar-refractivity contribution in [3.63, 3.8) is 0 Å². The Balaban J connectivity index is 1.63. The molecular formula is C14H17NOS. The van der Waals surface area contributed by atoms with E-state index in [0.29, 0.717) is 11.0 Å². The van der Waals surface area contributed by atoms with Gasteiger partial charge in [-0.25, -0.2) is 0 Å². The van der Waals surface area contributed by atoms with Crippen LogP contribution in [0.4, 0.5) is 0 Å². The number of carbonyl (C=O) groups is 1. The zero-order valence-electron chi connectivity index (χ0n) is 9.82. The van der Waals surface area contributed by atoms with Gasteiger partial charge in [0.15, 0.2) is 0 Å². The lowest BCUT2D eigenvalue weighted by Gasteiger charge is -2.23. The van der Waals surface area contributed by atoms with Gasteiger partial charge in [0.1, 0.15) is 5.78 Å². The molecule has 0 saturated carbocycles. The molecule has 2 unspecified atom stereocenters. The van der Waals surface area contributed by atoms with E-state index in [1.54, 1.807) is 0 Å². The number of rotatable bonds is 2. The Hall–Kier alpha value is -0.800. The van der Waals surface area contributed by atoms with Crippen molar-refractivity contribution in [3.8, 4) is 0 Å². The van der Waals surface area contributed by atoms with Crippen LogP contribution in [-0.4, -0.2) is 24.1 Å². The van der Waals surface area contributed by atoms with E-state index in [1.807, 2.05) is 11.8 Å². The molecule has 3 heteroatoms. The summed E-state index contributed by atoms with van der Waals surface area (Å²) in [6.07, 6.45) is 2.88. The molecule has 0 amide bonds. The minimum Gasteiger partial charge on any atom is -0.316 e. The third kappa shape index (κ3) is 2.40. The lowest BCUT2D eigenvalue weighted by atomic mass is 9.91. The van der Waals surface area contributed by atoms with Gasteiger partial charge in [-0.15, -0.1) is 11.8 Å². The highest BCUT2D eigenvalue weighted by molar-refractivity contribution is 8.00. The van der Waals surface area contributed by atoms with Crippen molar-refractivity contribution in [1.29, 1.82) is 0 Å². The zero-order valence-corrected chi connectivity index (χ0v) is 10.6. The van der Waals surface area contributed by atoms with Crippen LogP contribution in [0.1, 0.15) is 18.4 Å². The van der Waals surface area contributed by atoms with Gasteiger partial charge in [0.2, 0.25) is 0 Å². The molecule has 2 aliphatic rings. The molecule has 1 N–H and O–H groups in total. The number of hydrogen-bond acceptors (Lipinski definition) is 3. The fraction of sp³-hybridized carbons (Fsp3) is 0.500. The summed E-state index contributed by atoms with van der Waals surface area (Å²) in [6.45, 7) is 1.75. The second kappa shape index (κ2) is 4.83. The predicted molar refractivity (Wildman–Crippen MR) is 70.4 cm³/mol. The summed E-state index contributed by atoms with van der Waals surface area (Å²) in [6, 6.07) is 8.61. The minimum absolute atomic E-state index is 0.246. The first-order chi connectivity index (χ1) is 8.33. The number of ketones is 1. The van der Waals surface area contributed by atoms with Crippen molar-refractivity contribution < 1.29 is 4.79 Å². The van der Waals surface area contributed by atoms with E-state index >= 15 is 0 Å². The molecule has 1 fully saturated rings. The molecule has 0 bridgehead atoms. The van der Waals surface area contributed by atoms with Gasteiger partial charge in [-0.05, 0) is 24.5 Å². The van der Waals surface area contributed by atoms with E-state index in [0.717, 1.165) is 32.4 Å². The minimum atomic E-state index is 0.246.